The predicted molar refractivity (Wildman–Crippen MR) is 79.4 cm³/mol. The van der Waals surface area contributed by atoms with Crippen LogP contribution in [0.3, 0.4) is 0 Å². The number of nitrogens with two attached hydrogens (primary N) is 1. The molecule has 2 atom stereocenters. The summed E-state index contributed by atoms with van der Waals surface area (Å²) in [6.07, 6.45) is 2.98. The molecule has 1 amide bonds. The first-order valence-electron chi connectivity index (χ1n) is 7.02. The summed E-state index contributed by atoms with van der Waals surface area (Å²) in [6.45, 7) is 1.43. The number of aliphatic hydroxyl groups is 1. The molecule has 0 aliphatic carbocycles. The highest BCUT2D eigenvalue weighted by Crippen LogP contribution is 2.24. The van der Waals surface area contributed by atoms with Gasteiger partial charge < -0.3 is 10.8 Å². The Labute approximate surface area is 124 Å². The van der Waals surface area contributed by atoms with Gasteiger partial charge in [-0.25, -0.2) is 0 Å². The van der Waals surface area contributed by atoms with Crippen LogP contribution in [0.15, 0.2) is 24.3 Å². The summed E-state index contributed by atoms with van der Waals surface area (Å²) < 4.78 is 0. The van der Waals surface area contributed by atoms with Crippen LogP contribution >= 0.6 is 11.6 Å². The number of primary amides is 1. The van der Waals surface area contributed by atoms with Crippen molar-refractivity contribution in [3.63, 3.8) is 0 Å². The number of hydrogen-bond donors (Lipinski definition) is 2. The highest BCUT2D eigenvalue weighted by Gasteiger charge is 2.26. The minimum absolute atomic E-state index is 0.156. The predicted octanol–water partition coefficient (Wildman–Crippen LogP) is 2.10. The van der Waals surface area contributed by atoms with Crippen molar-refractivity contribution in [3.05, 3.63) is 34.9 Å². The molecule has 110 valence electrons. The molecule has 1 aliphatic heterocycles. The molecule has 0 bridgehead atoms. The van der Waals surface area contributed by atoms with Gasteiger partial charge in [0, 0.05) is 24.0 Å². The van der Waals surface area contributed by atoms with Crippen molar-refractivity contribution < 1.29 is 9.90 Å². The zero-order valence-electron chi connectivity index (χ0n) is 11.5. The smallest absolute Gasteiger partial charge is 0.218 e. The number of nitrogens with zero attached hydrogens (tertiary/aromatic N) is 1. The van der Waals surface area contributed by atoms with Crippen LogP contribution in [0.5, 0.6) is 0 Å². The molecule has 1 heterocycles. The van der Waals surface area contributed by atoms with Crippen LogP contribution in [-0.4, -0.2) is 35.0 Å². The minimum Gasteiger partial charge on any atom is -0.387 e. The first kappa shape index (κ1) is 15.3. The fourth-order valence-electron chi connectivity index (χ4n) is 2.78. The van der Waals surface area contributed by atoms with Gasteiger partial charge in [-0.05, 0) is 37.1 Å². The van der Waals surface area contributed by atoms with Gasteiger partial charge in [0.05, 0.1) is 6.10 Å². The summed E-state index contributed by atoms with van der Waals surface area (Å²) in [4.78, 5) is 13.3. The van der Waals surface area contributed by atoms with Gasteiger partial charge in [0.15, 0.2) is 0 Å². The Morgan fingerprint density at radius 3 is 2.75 bits per heavy atom. The number of aliphatic hydroxyl groups excluding tert-OH is 1. The van der Waals surface area contributed by atoms with E-state index in [1.54, 1.807) is 12.1 Å². The van der Waals surface area contributed by atoms with E-state index in [2.05, 4.69) is 4.90 Å². The Morgan fingerprint density at radius 1 is 1.40 bits per heavy atom. The zero-order chi connectivity index (χ0) is 14.5. The quantitative estimate of drug-likeness (QED) is 0.874. The van der Waals surface area contributed by atoms with E-state index >= 15 is 0 Å². The number of rotatable bonds is 5. The Hall–Kier alpha value is -1.10. The van der Waals surface area contributed by atoms with Gasteiger partial charge in [-0.2, -0.15) is 0 Å². The SMILES string of the molecule is NC(=O)CC1CCCCN1CC(O)c1ccc(Cl)cc1. The maximum absolute atomic E-state index is 11.1. The van der Waals surface area contributed by atoms with E-state index in [1.807, 2.05) is 12.1 Å². The normalized spacial score (nSPS) is 21.6. The van der Waals surface area contributed by atoms with Gasteiger partial charge in [-0.15, -0.1) is 0 Å². The van der Waals surface area contributed by atoms with Gasteiger partial charge in [-0.3, -0.25) is 9.69 Å². The lowest BCUT2D eigenvalue weighted by Crippen LogP contribution is -2.43. The summed E-state index contributed by atoms with van der Waals surface area (Å²) in [5.41, 5.74) is 6.15. The van der Waals surface area contributed by atoms with E-state index in [1.165, 1.54) is 0 Å². The summed E-state index contributed by atoms with van der Waals surface area (Å²) in [7, 11) is 0. The fourth-order valence-corrected chi connectivity index (χ4v) is 2.90. The lowest BCUT2D eigenvalue weighted by atomic mass is 9.97. The van der Waals surface area contributed by atoms with Crippen molar-refractivity contribution in [1.82, 2.24) is 4.90 Å². The first-order valence-corrected chi connectivity index (χ1v) is 7.40. The molecule has 1 saturated heterocycles. The average molecular weight is 297 g/mol. The average Bonchev–Trinajstić information content (AvgIpc) is 2.41. The van der Waals surface area contributed by atoms with Crippen LogP contribution in [-0.2, 0) is 4.79 Å². The van der Waals surface area contributed by atoms with Crippen molar-refractivity contribution in [1.29, 1.82) is 0 Å². The number of likely N-dealkylation sites (tertiary alicyclic amines) is 1. The molecule has 3 N–H and O–H groups in total. The molecule has 4 nitrogen and oxygen atoms in total. The highest BCUT2D eigenvalue weighted by molar-refractivity contribution is 6.30. The van der Waals surface area contributed by atoms with Gasteiger partial charge in [0.2, 0.25) is 5.91 Å². The summed E-state index contributed by atoms with van der Waals surface area (Å²) in [5, 5.41) is 11.0. The molecular formula is C15H21ClN2O2. The van der Waals surface area contributed by atoms with Gasteiger partial charge in [-0.1, -0.05) is 30.2 Å². The maximum atomic E-state index is 11.1. The van der Waals surface area contributed by atoms with Gasteiger partial charge in [0.1, 0.15) is 0 Å². The molecule has 0 spiro atoms. The topological polar surface area (TPSA) is 66.6 Å². The monoisotopic (exact) mass is 296 g/mol. The van der Waals surface area contributed by atoms with Crippen LogP contribution in [0.2, 0.25) is 5.02 Å². The lowest BCUT2D eigenvalue weighted by Gasteiger charge is -2.36. The fraction of sp³-hybridized carbons (Fsp3) is 0.533. The molecule has 2 rings (SSSR count). The largest absolute Gasteiger partial charge is 0.387 e. The number of carbonyl (C=O) groups excluding carboxylic acids is 1. The van der Waals surface area contributed by atoms with Crippen molar-refractivity contribution in [2.45, 2.75) is 37.8 Å². The third-order valence-corrected chi connectivity index (χ3v) is 4.10. The second-order valence-electron chi connectivity index (χ2n) is 5.38. The summed E-state index contributed by atoms with van der Waals surface area (Å²) in [5.74, 6) is -0.275. The van der Waals surface area contributed by atoms with Crippen LogP contribution in [0.25, 0.3) is 0 Å². The summed E-state index contributed by atoms with van der Waals surface area (Å²) in [6, 6.07) is 7.37. The Bertz CT molecular complexity index is 450. The van der Waals surface area contributed by atoms with Gasteiger partial charge >= 0.3 is 0 Å². The molecule has 20 heavy (non-hydrogen) atoms. The molecule has 0 radical (unpaired) electrons. The minimum atomic E-state index is -0.569. The summed E-state index contributed by atoms with van der Waals surface area (Å²) >= 11 is 5.85. The van der Waals surface area contributed by atoms with Crippen LogP contribution in [0, 0.1) is 0 Å². The number of carbonyl (C=O) groups is 1. The third kappa shape index (κ3) is 4.20. The number of hydrogen-bond acceptors (Lipinski definition) is 3. The van der Waals surface area contributed by atoms with Crippen molar-refractivity contribution in [2.75, 3.05) is 13.1 Å². The molecule has 0 aromatic heterocycles. The number of amides is 1. The van der Waals surface area contributed by atoms with E-state index in [4.69, 9.17) is 17.3 Å². The molecular weight excluding hydrogens is 276 g/mol. The molecule has 1 aliphatic rings. The number of benzene rings is 1. The van der Waals surface area contributed by atoms with Gasteiger partial charge in [0.25, 0.3) is 0 Å². The van der Waals surface area contributed by atoms with E-state index < -0.39 is 6.10 Å². The number of halogens is 1. The van der Waals surface area contributed by atoms with E-state index in [9.17, 15) is 9.90 Å². The molecule has 5 heteroatoms. The number of β-amino-alcohol motifs (C(OH)–C–C–N with tert-alkyl or cyclic N) is 1. The van der Waals surface area contributed by atoms with Crippen molar-refractivity contribution >= 4 is 17.5 Å². The third-order valence-electron chi connectivity index (χ3n) is 3.85. The highest BCUT2D eigenvalue weighted by atomic mass is 35.5. The molecule has 1 aromatic rings. The molecule has 1 aromatic carbocycles. The van der Waals surface area contributed by atoms with Crippen LogP contribution < -0.4 is 5.73 Å². The number of piperidine rings is 1. The maximum Gasteiger partial charge on any atom is 0.218 e. The molecule has 0 saturated carbocycles. The Kier molecular flexibility index (Phi) is 5.40. The van der Waals surface area contributed by atoms with E-state index in [0.717, 1.165) is 31.4 Å². The van der Waals surface area contributed by atoms with E-state index in [0.29, 0.717) is 18.0 Å². The Balaban J connectivity index is 1.98. The van der Waals surface area contributed by atoms with Crippen molar-refractivity contribution in [2.24, 2.45) is 5.73 Å². The van der Waals surface area contributed by atoms with Crippen LogP contribution in [0.1, 0.15) is 37.4 Å². The standard InChI is InChI=1S/C15H21ClN2O2/c16-12-6-4-11(5-7-12)14(19)10-18-8-2-1-3-13(18)9-15(17)20/h4-7,13-14,19H,1-3,8-10H2,(H2,17,20). The lowest BCUT2D eigenvalue weighted by molar-refractivity contribution is -0.119. The van der Waals surface area contributed by atoms with E-state index in [-0.39, 0.29) is 11.9 Å². The first-order chi connectivity index (χ1) is 9.56. The second kappa shape index (κ2) is 7.07. The molecule has 1 fully saturated rings. The van der Waals surface area contributed by atoms with Crippen LogP contribution in [0.4, 0.5) is 0 Å². The molecule has 2 unspecified atom stereocenters. The second-order valence-corrected chi connectivity index (χ2v) is 5.82. The Morgan fingerprint density at radius 2 is 2.10 bits per heavy atom. The zero-order valence-corrected chi connectivity index (χ0v) is 12.2. The van der Waals surface area contributed by atoms with Crippen molar-refractivity contribution in [3.8, 4) is 0 Å².